The van der Waals surface area contributed by atoms with Crippen LogP contribution >= 0.6 is 0 Å². The molecule has 1 heterocycles. The maximum absolute atomic E-state index is 11.7. The summed E-state index contributed by atoms with van der Waals surface area (Å²) in [5.41, 5.74) is 7.31. The molecule has 1 amide bonds. The van der Waals surface area contributed by atoms with Crippen molar-refractivity contribution < 1.29 is 9.21 Å². The summed E-state index contributed by atoms with van der Waals surface area (Å²) >= 11 is 0. The minimum absolute atomic E-state index is 0.197. The number of amides is 1. The molecule has 0 aliphatic rings. The van der Waals surface area contributed by atoms with Crippen LogP contribution in [0.5, 0.6) is 0 Å². The molecule has 2 rings (SSSR count). The molecule has 5 nitrogen and oxygen atoms in total. The number of carbonyl (C=O) groups is 1. The van der Waals surface area contributed by atoms with Crippen molar-refractivity contribution in [1.82, 2.24) is 4.98 Å². The number of nitrogens with zero attached hydrogens (tertiary/aromatic N) is 1. The molecule has 0 unspecified atom stereocenters. The molecule has 0 aliphatic heterocycles. The van der Waals surface area contributed by atoms with E-state index in [1.807, 2.05) is 0 Å². The lowest BCUT2D eigenvalue weighted by molar-refractivity contribution is 0.0996. The lowest BCUT2D eigenvalue weighted by atomic mass is 10.2. The molecule has 0 atom stereocenters. The molecule has 1 aromatic heterocycles. The van der Waals surface area contributed by atoms with Gasteiger partial charge < -0.3 is 15.5 Å². The molecule has 0 saturated heterocycles. The Hall–Kier alpha value is -2.30. The Kier molecular flexibility index (Phi) is 2.59. The van der Waals surface area contributed by atoms with E-state index in [4.69, 9.17) is 10.2 Å². The number of carbonyl (C=O) groups excluding carboxylic acids is 1. The standard InChI is InChI=1S/C11H11N3O2/c1-7-10(16-6-13-7)11(15)14-9-5-3-2-4-8(9)12/h2-6H,12H2,1H3,(H,14,15). The van der Waals surface area contributed by atoms with Gasteiger partial charge in [-0.15, -0.1) is 0 Å². The molecule has 0 saturated carbocycles. The second-order valence-electron chi connectivity index (χ2n) is 3.31. The second-order valence-corrected chi connectivity index (χ2v) is 3.31. The van der Waals surface area contributed by atoms with Gasteiger partial charge in [0.05, 0.1) is 17.1 Å². The molecule has 2 aromatic rings. The molecule has 1 aromatic carbocycles. The first-order chi connectivity index (χ1) is 7.68. The van der Waals surface area contributed by atoms with Crippen molar-refractivity contribution in [1.29, 1.82) is 0 Å². The van der Waals surface area contributed by atoms with Crippen molar-refractivity contribution in [2.45, 2.75) is 6.92 Å². The van der Waals surface area contributed by atoms with Crippen molar-refractivity contribution in [2.75, 3.05) is 11.1 Å². The number of para-hydroxylation sites is 2. The Morgan fingerprint density at radius 2 is 2.19 bits per heavy atom. The third-order valence-electron chi connectivity index (χ3n) is 2.16. The fourth-order valence-electron chi connectivity index (χ4n) is 1.31. The van der Waals surface area contributed by atoms with E-state index in [9.17, 15) is 4.79 Å². The topological polar surface area (TPSA) is 81.2 Å². The van der Waals surface area contributed by atoms with Crippen molar-refractivity contribution >= 4 is 17.3 Å². The Morgan fingerprint density at radius 1 is 1.44 bits per heavy atom. The van der Waals surface area contributed by atoms with Gasteiger partial charge in [-0.3, -0.25) is 4.79 Å². The van der Waals surface area contributed by atoms with Crippen LogP contribution in [0.1, 0.15) is 16.2 Å². The van der Waals surface area contributed by atoms with E-state index in [1.54, 1.807) is 31.2 Å². The summed E-state index contributed by atoms with van der Waals surface area (Å²) in [6.45, 7) is 1.70. The first kappa shape index (κ1) is 10.2. The lowest BCUT2D eigenvalue weighted by Gasteiger charge is -2.05. The molecule has 0 radical (unpaired) electrons. The fourth-order valence-corrected chi connectivity index (χ4v) is 1.31. The van der Waals surface area contributed by atoms with Gasteiger partial charge >= 0.3 is 0 Å². The van der Waals surface area contributed by atoms with Gasteiger partial charge in [0.2, 0.25) is 5.76 Å². The average molecular weight is 217 g/mol. The minimum atomic E-state index is -0.354. The van der Waals surface area contributed by atoms with E-state index in [0.29, 0.717) is 17.1 Å². The number of nitrogen functional groups attached to an aromatic ring is 1. The zero-order valence-electron chi connectivity index (χ0n) is 8.73. The van der Waals surface area contributed by atoms with Crippen LogP contribution in [-0.4, -0.2) is 10.9 Å². The van der Waals surface area contributed by atoms with E-state index in [-0.39, 0.29) is 11.7 Å². The molecule has 5 heteroatoms. The van der Waals surface area contributed by atoms with Gasteiger partial charge in [0.15, 0.2) is 6.39 Å². The van der Waals surface area contributed by atoms with Crippen LogP contribution in [0.2, 0.25) is 0 Å². The largest absolute Gasteiger partial charge is 0.438 e. The number of hydrogen-bond acceptors (Lipinski definition) is 4. The van der Waals surface area contributed by atoms with Crippen LogP contribution in [0.25, 0.3) is 0 Å². The van der Waals surface area contributed by atoms with Gasteiger partial charge in [-0.2, -0.15) is 0 Å². The van der Waals surface area contributed by atoms with E-state index >= 15 is 0 Å². The highest BCUT2D eigenvalue weighted by molar-refractivity contribution is 6.04. The first-order valence-corrected chi connectivity index (χ1v) is 4.74. The molecule has 3 N–H and O–H groups in total. The number of aryl methyl sites for hydroxylation is 1. The minimum Gasteiger partial charge on any atom is -0.438 e. The molecular formula is C11H11N3O2. The molecular weight excluding hydrogens is 206 g/mol. The maximum Gasteiger partial charge on any atom is 0.293 e. The normalized spacial score (nSPS) is 10.1. The van der Waals surface area contributed by atoms with Gasteiger partial charge in [-0.1, -0.05) is 12.1 Å². The summed E-state index contributed by atoms with van der Waals surface area (Å²) in [4.78, 5) is 15.6. The highest BCUT2D eigenvalue weighted by Gasteiger charge is 2.14. The van der Waals surface area contributed by atoms with Crippen LogP contribution in [0.4, 0.5) is 11.4 Å². The monoisotopic (exact) mass is 217 g/mol. The van der Waals surface area contributed by atoms with Gasteiger partial charge in [-0.05, 0) is 19.1 Å². The zero-order valence-corrected chi connectivity index (χ0v) is 8.73. The van der Waals surface area contributed by atoms with Crippen molar-refractivity contribution in [3.63, 3.8) is 0 Å². The lowest BCUT2D eigenvalue weighted by Crippen LogP contribution is -2.13. The summed E-state index contributed by atoms with van der Waals surface area (Å²) in [6, 6.07) is 7.02. The first-order valence-electron chi connectivity index (χ1n) is 4.74. The number of rotatable bonds is 2. The summed E-state index contributed by atoms with van der Waals surface area (Å²) < 4.78 is 4.97. The van der Waals surface area contributed by atoms with Gasteiger partial charge in [-0.25, -0.2) is 4.98 Å². The number of nitrogens with one attached hydrogen (secondary N) is 1. The molecule has 16 heavy (non-hydrogen) atoms. The van der Waals surface area contributed by atoms with E-state index in [1.165, 1.54) is 6.39 Å². The van der Waals surface area contributed by atoms with Crippen LogP contribution in [-0.2, 0) is 0 Å². The van der Waals surface area contributed by atoms with Crippen molar-refractivity contribution in [2.24, 2.45) is 0 Å². The molecule has 0 spiro atoms. The number of nitrogens with two attached hydrogens (primary N) is 1. The number of anilines is 2. The average Bonchev–Trinajstić information content (AvgIpc) is 2.68. The molecule has 0 bridgehead atoms. The number of benzene rings is 1. The SMILES string of the molecule is Cc1ncoc1C(=O)Nc1ccccc1N. The predicted molar refractivity (Wildman–Crippen MR) is 60.0 cm³/mol. The highest BCUT2D eigenvalue weighted by Crippen LogP contribution is 2.18. The molecule has 0 fully saturated rings. The molecule has 0 aliphatic carbocycles. The van der Waals surface area contributed by atoms with E-state index in [2.05, 4.69) is 10.3 Å². The third-order valence-corrected chi connectivity index (χ3v) is 2.16. The summed E-state index contributed by atoms with van der Waals surface area (Å²) in [5, 5.41) is 2.66. The van der Waals surface area contributed by atoms with Crippen LogP contribution in [0.3, 0.4) is 0 Å². The Balaban J connectivity index is 2.21. The summed E-state index contributed by atoms with van der Waals surface area (Å²) in [5.74, 6) is -0.156. The van der Waals surface area contributed by atoms with Crippen LogP contribution < -0.4 is 11.1 Å². The van der Waals surface area contributed by atoms with Crippen LogP contribution in [0, 0.1) is 6.92 Å². The zero-order chi connectivity index (χ0) is 11.5. The van der Waals surface area contributed by atoms with Crippen LogP contribution in [0.15, 0.2) is 35.1 Å². The smallest absolute Gasteiger partial charge is 0.293 e. The molecule has 82 valence electrons. The van der Waals surface area contributed by atoms with E-state index < -0.39 is 0 Å². The maximum atomic E-state index is 11.7. The second kappa shape index (κ2) is 4.06. The fraction of sp³-hybridized carbons (Fsp3) is 0.0909. The number of hydrogen-bond donors (Lipinski definition) is 2. The van der Waals surface area contributed by atoms with Gasteiger partial charge in [0.25, 0.3) is 5.91 Å². The van der Waals surface area contributed by atoms with Gasteiger partial charge in [0.1, 0.15) is 0 Å². The number of oxazole rings is 1. The number of aromatic nitrogens is 1. The summed E-state index contributed by atoms with van der Waals surface area (Å²) in [7, 11) is 0. The third kappa shape index (κ3) is 1.88. The Bertz CT molecular complexity index is 519. The Morgan fingerprint density at radius 3 is 2.81 bits per heavy atom. The van der Waals surface area contributed by atoms with Crippen molar-refractivity contribution in [3.8, 4) is 0 Å². The van der Waals surface area contributed by atoms with E-state index in [0.717, 1.165) is 0 Å². The van der Waals surface area contributed by atoms with Gasteiger partial charge in [0, 0.05) is 0 Å². The summed E-state index contributed by atoms with van der Waals surface area (Å²) in [6.07, 6.45) is 1.23. The van der Waals surface area contributed by atoms with Crippen molar-refractivity contribution in [3.05, 3.63) is 42.1 Å². The quantitative estimate of drug-likeness (QED) is 0.752. The highest BCUT2D eigenvalue weighted by atomic mass is 16.3. The Labute approximate surface area is 92.3 Å². The predicted octanol–water partition coefficient (Wildman–Crippen LogP) is 1.82.